The van der Waals surface area contributed by atoms with Gasteiger partial charge in [-0.05, 0) is 25.5 Å². The van der Waals surface area contributed by atoms with Crippen molar-refractivity contribution in [2.24, 2.45) is 0 Å². The largest absolute Gasteiger partial charge is 1.00 e. The first kappa shape index (κ1) is 15.0. The molecule has 14 heavy (non-hydrogen) atoms. The number of benzene rings is 1. The fraction of sp³-hybridized carbons (Fsp3) is 0.250. The molecular weight excluding hydrogens is 238 g/mol. The monoisotopic (exact) mass is 246 g/mol. The number of hydrogen-bond acceptors (Lipinski definition) is 0. The summed E-state index contributed by atoms with van der Waals surface area (Å²) >= 11 is 5.68. The molecule has 0 aliphatic heterocycles. The van der Waals surface area contributed by atoms with Gasteiger partial charge in [0.15, 0.2) is 0 Å². The van der Waals surface area contributed by atoms with E-state index in [2.05, 4.69) is 0 Å². The number of halogens is 4. The predicted molar refractivity (Wildman–Crippen MR) is 49.6 cm³/mol. The van der Waals surface area contributed by atoms with Gasteiger partial charge in [0, 0.05) is 5.02 Å². The van der Waals surface area contributed by atoms with E-state index in [0.29, 0.717) is 10.6 Å². The van der Waals surface area contributed by atoms with Gasteiger partial charge in [0.05, 0.1) is 0 Å². The zero-order valence-corrected chi connectivity index (χ0v) is 12.1. The molecule has 1 aromatic carbocycles. The van der Waals surface area contributed by atoms with Crippen LogP contribution in [0.2, 0.25) is 5.02 Å². The van der Waals surface area contributed by atoms with Crippen LogP contribution in [0.1, 0.15) is 11.1 Å². The second-order valence-electron chi connectivity index (χ2n) is 3.03. The Morgan fingerprint density at radius 3 is 2.00 bits per heavy atom. The average molecular weight is 247 g/mol. The van der Waals surface area contributed by atoms with Gasteiger partial charge in [-0.2, -0.15) is 0 Å². The van der Waals surface area contributed by atoms with Gasteiger partial charge in [0.2, 0.25) is 0 Å². The minimum atomic E-state index is -4.92. The second kappa shape index (κ2) is 5.37. The van der Waals surface area contributed by atoms with Crippen molar-refractivity contribution in [3.63, 3.8) is 0 Å². The zero-order chi connectivity index (χ0) is 10.2. The summed E-state index contributed by atoms with van der Waals surface area (Å²) in [5.41, 5.74) is 0.0893. The van der Waals surface area contributed by atoms with Crippen molar-refractivity contribution >= 4 is 24.0 Å². The normalized spacial score (nSPS) is 11.0. The van der Waals surface area contributed by atoms with Crippen molar-refractivity contribution in [2.75, 3.05) is 0 Å². The van der Waals surface area contributed by atoms with Gasteiger partial charge in [-0.1, -0.05) is 23.2 Å². The third-order valence-electron chi connectivity index (χ3n) is 1.90. The van der Waals surface area contributed by atoms with E-state index in [1.165, 1.54) is 13.0 Å². The Hall–Kier alpha value is 1.00. The summed E-state index contributed by atoms with van der Waals surface area (Å²) in [5.74, 6) is 0. The summed E-state index contributed by atoms with van der Waals surface area (Å²) in [7, 11) is 0. The van der Waals surface area contributed by atoms with Crippen LogP contribution < -0.4 is 56.8 Å². The van der Waals surface area contributed by atoms with E-state index in [9.17, 15) is 12.9 Å². The number of hydrogen-bond donors (Lipinski definition) is 0. The summed E-state index contributed by atoms with van der Waals surface area (Å²) in [6, 6.07) is 2.44. The first-order valence-corrected chi connectivity index (χ1v) is 4.16. The van der Waals surface area contributed by atoms with Crippen molar-refractivity contribution in [1.82, 2.24) is 0 Å². The maximum atomic E-state index is 12.4. The van der Waals surface area contributed by atoms with Crippen LogP contribution in [0.5, 0.6) is 0 Å². The van der Waals surface area contributed by atoms with Crippen LogP contribution in [0.25, 0.3) is 0 Å². The first-order chi connectivity index (χ1) is 5.82. The molecule has 0 radical (unpaired) electrons. The molecule has 0 saturated carbocycles. The van der Waals surface area contributed by atoms with Gasteiger partial charge in [0.25, 0.3) is 0 Å². The molecule has 72 valence electrons. The van der Waals surface area contributed by atoms with Crippen molar-refractivity contribution in [1.29, 1.82) is 0 Å². The van der Waals surface area contributed by atoms with Crippen molar-refractivity contribution in [3.05, 3.63) is 28.3 Å². The molecular formula is C8H8BClF3K. The molecule has 0 aliphatic carbocycles. The molecule has 0 amide bonds. The van der Waals surface area contributed by atoms with Gasteiger partial charge >= 0.3 is 58.4 Å². The molecule has 0 N–H and O–H groups in total. The van der Waals surface area contributed by atoms with Gasteiger partial charge in [-0.3, -0.25) is 0 Å². The average Bonchev–Trinajstić information content (AvgIpc) is 1.94. The fourth-order valence-corrected chi connectivity index (χ4v) is 1.37. The minimum absolute atomic E-state index is 0. The van der Waals surface area contributed by atoms with Crippen LogP contribution >= 0.6 is 11.6 Å². The molecule has 0 heterocycles. The van der Waals surface area contributed by atoms with E-state index in [4.69, 9.17) is 11.6 Å². The summed E-state index contributed by atoms with van der Waals surface area (Å²) < 4.78 is 37.1. The van der Waals surface area contributed by atoms with Crippen LogP contribution in [-0.2, 0) is 0 Å². The third kappa shape index (κ3) is 3.54. The molecule has 0 aliphatic rings. The van der Waals surface area contributed by atoms with Crippen LogP contribution in [-0.4, -0.2) is 6.98 Å². The second-order valence-corrected chi connectivity index (χ2v) is 3.44. The van der Waals surface area contributed by atoms with E-state index < -0.39 is 12.4 Å². The smallest absolute Gasteiger partial charge is 0.445 e. The Morgan fingerprint density at radius 1 is 1.07 bits per heavy atom. The van der Waals surface area contributed by atoms with Crippen LogP contribution in [0.4, 0.5) is 12.9 Å². The summed E-state index contributed by atoms with van der Waals surface area (Å²) in [4.78, 5) is 0. The molecule has 0 fully saturated rings. The first-order valence-electron chi connectivity index (χ1n) is 3.79. The van der Waals surface area contributed by atoms with E-state index in [-0.39, 0.29) is 56.9 Å². The number of rotatable bonds is 1. The van der Waals surface area contributed by atoms with Crippen molar-refractivity contribution in [3.8, 4) is 0 Å². The third-order valence-corrected chi connectivity index (χ3v) is 2.31. The molecule has 0 saturated heterocycles. The Labute approximate surface area is 129 Å². The Balaban J connectivity index is 0.00000169. The molecule has 0 spiro atoms. The van der Waals surface area contributed by atoms with E-state index in [1.54, 1.807) is 6.92 Å². The summed E-state index contributed by atoms with van der Waals surface area (Å²) in [6.07, 6.45) is 0. The maximum Gasteiger partial charge on any atom is 1.00 e. The summed E-state index contributed by atoms with van der Waals surface area (Å²) in [6.45, 7) is -1.95. The van der Waals surface area contributed by atoms with Crippen LogP contribution in [0, 0.1) is 13.8 Å². The van der Waals surface area contributed by atoms with Crippen LogP contribution in [0.15, 0.2) is 12.1 Å². The predicted octanol–water partition coefficient (Wildman–Crippen LogP) is 0.0152. The van der Waals surface area contributed by atoms with E-state index in [0.717, 1.165) is 6.07 Å². The Bertz CT molecular complexity index is 338. The van der Waals surface area contributed by atoms with Crippen LogP contribution in [0.3, 0.4) is 0 Å². The minimum Gasteiger partial charge on any atom is -0.445 e. The molecule has 0 aromatic heterocycles. The topological polar surface area (TPSA) is 0 Å². The van der Waals surface area contributed by atoms with Crippen molar-refractivity contribution in [2.45, 2.75) is 13.8 Å². The van der Waals surface area contributed by atoms with Gasteiger partial charge < -0.3 is 12.9 Å². The molecule has 1 rings (SSSR count). The molecule has 6 heteroatoms. The van der Waals surface area contributed by atoms with E-state index in [1.807, 2.05) is 0 Å². The molecule has 0 unspecified atom stereocenters. The zero-order valence-electron chi connectivity index (χ0n) is 8.24. The van der Waals surface area contributed by atoms with Crippen molar-refractivity contribution < 1.29 is 64.3 Å². The standard InChI is InChI=1S/C8H8BClF3.K/c1-5-4-8(10)6(2)3-7(5)9(11,12)13;/h3-4H,1-2H3;/q-1;+1. The quantitative estimate of drug-likeness (QED) is 0.613. The molecule has 0 atom stereocenters. The fourth-order valence-electron chi connectivity index (χ4n) is 1.16. The Morgan fingerprint density at radius 2 is 1.57 bits per heavy atom. The number of aryl methyl sites for hydroxylation is 2. The molecule has 0 bridgehead atoms. The van der Waals surface area contributed by atoms with E-state index >= 15 is 0 Å². The van der Waals surface area contributed by atoms with Gasteiger partial charge in [-0.15, -0.1) is 5.46 Å². The summed E-state index contributed by atoms with van der Waals surface area (Å²) in [5, 5.41) is 0.376. The van der Waals surface area contributed by atoms with Gasteiger partial charge in [-0.25, -0.2) is 0 Å². The molecule has 1 aromatic rings. The Kier molecular flexibility index (Phi) is 5.75. The maximum absolute atomic E-state index is 12.4. The molecule has 0 nitrogen and oxygen atoms in total. The SMILES string of the molecule is Cc1cc([B-](F)(F)F)c(C)cc1Cl.[K+]. The van der Waals surface area contributed by atoms with Gasteiger partial charge in [0.1, 0.15) is 0 Å².